The molecule has 0 saturated carbocycles. The van der Waals surface area contributed by atoms with Gasteiger partial charge in [0.05, 0.1) is 12.7 Å². The van der Waals surface area contributed by atoms with Crippen molar-refractivity contribution in [1.82, 2.24) is 4.72 Å². The van der Waals surface area contributed by atoms with Crippen LogP contribution in [0.3, 0.4) is 0 Å². The number of nitrogens with one attached hydrogen (secondary N) is 1. The number of hydrogen-bond donors (Lipinski definition) is 1. The molecular formula is C18H19ClFNO4S. The van der Waals surface area contributed by atoms with Crippen LogP contribution in [0.2, 0.25) is 0 Å². The van der Waals surface area contributed by atoms with Gasteiger partial charge in [-0.15, -0.1) is 11.6 Å². The zero-order chi connectivity index (χ0) is 19.2. The molecule has 1 atom stereocenters. The van der Waals surface area contributed by atoms with Crippen LogP contribution in [0.15, 0.2) is 48.5 Å². The topological polar surface area (TPSA) is 72.5 Å². The van der Waals surface area contributed by atoms with E-state index in [0.717, 1.165) is 6.07 Å². The number of sulfonamides is 1. The summed E-state index contributed by atoms with van der Waals surface area (Å²) < 4.78 is 46.4. The van der Waals surface area contributed by atoms with Gasteiger partial charge in [0, 0.05) is 18.0 Å². The first-order chi connectivity index (χ1) is 12.4. The van der Waals surface area contributed by atoms with Crippen molar-refractivity contribution >= 4 is 27.6 Å². The number of esters is 1. The van der Waals surface area contributed by atoms with E-state index in [1.807, 2.05) is 0 Å². The maximum absolute atomic E-state index is 14.1. The molecule has 0 spiro atoms. The Labute approximate surface area is 157 Å². The minimum Gasteiger partial charge on any atom is -0.465 e. The molecule has 0 aliphatic heterocycles. The first-order valence-corrected chi connectivity index (χ1v) is 9.93. The molecule has 0 radical (unpaired) electrons. The van der Waals surface area contributed by atoms with Gasteiger partial charge in [-0.3, -0.25) is 0 Å². The van der Waals surface area contributed by atoms with Crippen LogP contribution in [0.1, 0.15) is 33.2 Å². The van der Waals surface area contributed by atoms with Gasteiger partial charge in [0.2, 0.25) is 10.0 Å². The van der Waals surface area contributed by atoms with Crippen molar-refractivity contribution in [1.29, 1.82) is 0 Å². The van der Waals surface area contributed by atoms with E-state index in [4.69, 9.17) is 11.6 Å². The standard InChI is InChI=1S/C18H19ClFNO4S/c1-25-18(22)14-7-8-15(16(20)11-14)12-21-26(23,24)17(9-10-19)13-5-3-2-4-6-13/h2-8,11,17,21H,9-10,12H2,1H3. The van der Waals surface area contributed by atoms with E-state index in [1.165, 1.54) is 19.2 Å². The lowest BCUT2D eigenvalue weighted by Gasteiger charge is -2.18. The molecular weight excluding hydrogens is 381 g/mol. The quantitative estimate of drug-likeness (QED) is 0.545. The van der Waals surface area contributed by atoms with E-state index in [0.29, 0.717) is 5.56 Å². The predicted molar refractivity (Wildman–Crippen MR) is 98.0 cm³/mol. The third-order valence-corrected chi connectivity index (χ3v) is 5.88. The highest BCUT2D eigenvalue weighted by Crippen LogP contribution is 2.26. The first kappa shape index (κ1) is 20.4. The largest absolute Gasteiger partial charge is 0.465 e. The monoisotopic (exact) mass is 399 g/mol. The lowest BCUT2D eigenvalue weighted by molar-refractivity contribution is 0.0600. The van der Waals surface area contributed by atoms with Crippen LogP contribution in [0, 0.1) is 5.82 Å². The summed E-state index contributed by atoms with van der Waals surface area (Å²) in [5.74, 6) is -1.19. The molecule has 0 aliphatic rings. The lowest BCUT2D eigenvalue weighted by Crippen LogP contribution is -2.29. The van der Waals surface area contributed by atoms with Crippen LogP contribution >= 0.6 is 11.6 Å². The van der Waals surface area contributed by atoms with Crippen LogP contribution in [-0.4, -0.2) is 27.4 Å². The Morgan fingerprint density at radius 3 is 2.50 bits per heavy atom. The normalized spacial score (nSPS) is 12.6. The molecule has 0 amide bonds. The summed E-state index contributed by atoms with van der Waals surface area (Å²) >= 11 is 5.76. The molecule has 0 saturated heterocycles. The average molecular weight is 400 g/mol. The number of ether oxygens (including phenoxy) is 1. The number of benzene rings is 2. The van der Waals surface area contributed by atoms with Crippen LogP contribution in [0.25, 0.3) is 0 Å². The molecule has 2 rings (SSSR count). The van der Waals surface area contributed by atoms with Crippen molar-refractivity contribution < 1.29 is 22.3 Å². The van der Waals surface area contributed by atoms with Crippen molar-refractivity contribution in [3.8, 4) is 0 Å². The molecule has 2 aromatic rings. The van der Waals surface area contributed by atoms with Gasteiger partial charge in [0.1, 0.15) is 11.1 Å². The molecule has 0 heterocycles. The Hall–Kier alpha value is -1.96. The summed E-state index contributed by atoms with van der Waals surface area (Å²) in [5, 5.41) is -0.835. The maximum atomic E-state index is 14.1. The molecule has 26 heavy (non-hydrogen) atoms. The van der Waals surface area contributed by atoms with Crippen molar-refractivity contribution in [2.45, 2.75) is 18.2 Å². The van der Waals surface area contributed by atoms with E-state index >= 15 is 0 Å². The summed E-state index contributed by atoms with van der Waals surface area (Å²) in [5.41, 5.74) is 0.794. The number of carbonyl (C=O) groups excluding carboxylic acids is 1. The van der Waals surface area contributed by atoms with Crippen molar-refractivity contribution in [3.05, 3.63) is 71.0 Å². The predicted octanol–water partition coefficient (Wildman–Crippen LogP) is 3.40. The summed E-state index contributed by atoms with van der Waals surface area (Å²) in [6.07, 6.45) is 0.227. The molecule has 0 fully saturated rings. The van der Waals surface area contributed by atoms with Crippen LogP contribution in [0.5, 0.6) is 0 Å². The third-order valence-electron chi connectivity index (χ3n) is 3.86. The zero-order valence-corrected chi connectivity index (χ0v) is 15.7. The van der Waals surface area contributed by atoms with Gasteiger partial charge in [0.25, 0.3) is 0 Å². The third kappa shape index (κ3) is 5.03. The van der Waals surface area contributed by atoms with Gasteiger partial charge in [0.15, 0.2) is 0 Å². The van der Waals surface area contributed by atoms with Crippen LogP contribution < -0.4 is 4.72 Å². The molecule has 0 aliphatic carbocycles. The fraction of sp³-hybridized carbons (Fsp3) is 0.278. The number of rotatable bonds is 8. The second-order valence-electron chi connectivity index (χ2n) is 5.54. The van der Waals surface area contributed by atoms with Crippen molar-refractivity contribution in [2.24, 2.45) is 0 Å². The molecule has 2 aromatic carbocycles. The van der Waals surface area contributed by atoms with E-state index in [2.05, 4.69) is 9.46 Å². The lowest BCUT2D eigenvalue weighted by atomic mass is 10.1. The minimum atomic E-state index is -3.78. The van der Waals surface area contributed by atoms with E-state index in [9.17, 15) is 17.6 Å². The zero-order valence-electron chi connectivity index (χ0n) is 14.1. The molecule has 0 aromatic heterocycles. The molecule has 5 nitrogen and oxygen atoms in total. The molecule has 0 bridgehead atoms. The van der Waals surface area contributed by atoms with Crippen molar-refractivity contribution in [3.63, 3.8) is 0 Å². The maximum Gasteiger partial charge on any atom is 0.337 e. The van der Waals surface area contributed by atoms with Crippen LogP contribution in [0.4, 0.5) is 4.39 Å². The fourth-order valence-corrected chi connectivity index (χ4v) is 4.33. The highest BCUT2D eigenvalue weighted by molar-refractivity contribution is 7.89. The SMILES string of the molecule is COC(=O)c1ccc(CNS(=O)(=O)C(CCCl)c2ccccc2)c(F)c1. The van der Waals surface area contributed by atoms with E-state index < -0.39 is 27.1 Å². The first-order valence-electron chi connectivity index (χ1n) is 7.85. The van der Waals surface area contributed by atoms with Gasteiger partial charge in [-0.25, -0.2) is 22.3 Å². The summed E-state index contributed by atoms with van der Waals surface area (Å²) in [6, 6.07) is 12.5. The number of halogens is 2. The summed E-state index contributed by atoms with van der Waals surface area (Å²) in [4.78, 5) is 11.4. The Kier molecular flexibility index (Phi) is 7.14. The van der Waals surface area contributed by atoms with Crippen molar-refractivity contribution in [2.75, 3.05) is 13.0 Å². The van der Waals surface area contributed by atoms with Gasteiger partial charge in [-0.05, 0) is 24.1 Å². The van der Waals surface area contributed by atoms with Gasteiger partial charge in [-0.2, -0.15) is 0 Å². The Morgan fingerprint density at radius 2 is 1.92 bits per heavy atom. The van der Waals surface area contributed by atoms with Gasteiger partial charge in [-0.1, -0.05) is 36.4 Å². The molecule has 1 N–H and O–H groups in total. The molecule has 1 unspecified atom stereocenters. The number of methoxy groups -OCH3 is 1. The molecule has 140 valence electrons. The van der Waals surface area contributed by atoms with Gasteiger partial charge >= 0.3 is 5.97 Å². The highest BCUT2D eigenvalue weighted by atomic mass is 35.5. The van der Waals surface area contributed by atoms with Crippen LogP contribution in [-0.2, 0) is 21.3 Å². The van der Waals surface area contributed by atoms with E-state index in [1.54, 1.807) is 30.3 Å². The Bertz CT molecular complexity index is 859. The highest BCUT2D eigenvalue weighted by Gasteiger charge is 2.26. The Morgan fingerprint density at radius 1 is 1.23 bits per heavy atom. The number of carbonyl (C=O) groups is 1. The van der Waals surface area contributed by atoms with Gasteiger partial charge < -0.3 is 4.74 Å². The molecule has 8 heteroatoms. The minimum absolute atomic E-state index is 0.0564. The summed E-state index contributed by atoms with van der Waals surface area (Å²) in [7, 11) is -2.58. The Balaban J connectivity index is 2.17. The number of hydrogen-bond acceptors (Lipinski definition) is 4. The number of alkyl halides is 1. The van der Waals surface area contributed by atoms with E-state index in [-0.39, 0.29) is 30.0 Å². The fourth-order valence-electron chi connectivity index (χ4n) is 2.48. The summed E-state index contributed by atoms with van der Waals surface area (Å²) in [6.45, 7) is -0.235. The average Bonchev–Trinajstić information content (AvgIpc) is 2.65. The second-order valence-corrected chi connectivity index (χ2v) is 7.87. The smallest absolute Gasteiger partial charge is 0.337 e. The second kappa shape index (κ2) is 9.12.